The first kappa shape index (κ1) is 25.3. The van der Waals surface area contributed by atoms with Gasteiger partial charge in [-0.3, -0.25) is 9.59 Å². The van der Waals surface area contributed by atoms with Crippen LogP contribution in [0.15, 0.2) is 82.6 Å². The molecule has 0 fully saturated rings. The Labute approximate surface area is 199 Å². The first-order valence-electron chi connectivity index (χ1n) is 10.4. The molecule has 0 bridgehead atoms. The monoisotopic (exact) mass is 499 g/mol. The van der Waals surface area contributed by atoms with Crippen LogP contribution in [0.5, 0.6) is 0 Å². The Morgan fingerprint density at radius 1 is 0.647 bits per heavy atom. The molecular formula is C25H25NO6S2. The third-order valence-electron chi connectivity index (χ3n) is 5.43. The maximum Gasteiger partial charge on any atom is 0.248 e. The zero-order chi connectivity index (χ0) is 25.1. The van der Waals surface area contributed by atoms with Crippen molar-refractivity contribution in [2.24, 2.45) is 11.7 Å². The summed E-state index contributed by atoms with van der Waals surface area (Å²) in [6, 6.07) is 17.6. The highest BCUT2D eigenvalue weighted by Crippen LogP contribution is 2.23. The fourth-order valence-corrected chi connectivity index (χ4v) is 6.68. The lowest BCUT2D eigenvalue weighted by atomic mass is 9.99. The second-order valence-electron chi connectivity index (χ2n) is 8.19. The smallest absolute Gasteiger partial charge is 0.248 e. The number of nitrogens with two attached hydrogens (primary N) is 1. The van der Waals surface area contributed by atoms with Crippen LogP contribution >= 0.6 is 0 Å². The van der Waals surface area contributed by atoms with Crippen LogP contribution in [-0.4, -0.2) is 40.0 Å². The van der Waals surface area contributed by atoms with Crippen LogP contribution in [0.4, 0.5) is 0 Å². The van der Waals surface area contributed by atoms with E-state index in [-0.39, 0.29) is 20.9 Å². The van der Waals surface area contributed by atoms with E-state index >= 15 is 0 Å². The highest BCUT2D eigenvalue weighted by molar-refractivity contribution is 7.92. The summed E-state index contributed by atoms with van der Waals surface area (Å²) in [5.41, 5.74) is 7.23. The number of Topliss-reactive ketones (excluding diaryl/α,β-unsaturated/α-hetero) is 1. The number of ketones is 1. The van der Waals surface area contributed by atoms with Crippen LogP contribution in [0.2, 0.25) is 0 Å². The first-order valence-corrected chi connectivity index (χ1v) is 13.7. The molecule has 0 saturated carbocycles. The van der Waals surface area contributed by atoms with Gasteiger partial charge in [0, 0.05) is 11.1 Å². The molecule has 0 aliphatic rings. The Kier molecular flexibility index (Phi) is 7.38. The van der Waals surface area contributed by atoms with E-state index in [0.717, 1.165) is 11.1 Å². The third-order valence-corrected chi connectivity index (χ3v) is 9.09. The van der Waals surface area contributed by atoms with Crippen LogP contribution in [0.1, 0.15) is 31.8 Å². The zero-order valence-corrected chi connectivity index (χ0v) is 20.4. The van der Waals surface area contributed by atoms with Gasteiger partial charge in [-0.1, -0.05) is 47.5 Å². The molecule has 34 heavy (non-hydrogen) atoms. The summed E-state index contributed by atoms with van der Waals surface area (Å²) in [4.78, 5) is 24.7. The standard InChI is InChI=1S/C25H25NO6S2/c1-17-3-11-22(12-4-17)33(29,30)15-21(16-34(31,32)23-13-5-18(2)6-14-23)24(27)19-7-9-20(10-8-19)25(26)28/h3-14,21H,15-16H2,1-2H3,(H2,26,28). The third kappa shape index (κ3) is 5.98. The van der Waals surface area contributed by atoms with Crippen molar-refractivity contribution in [3.8, 4) is 0 Å². The van der Waals surface area contributed by atoms with E-state index in [1.807, 2.05) is 13.8 Å². The molecular weight excluding hydrogens is 474 g/mol. The van der Waals surface area contributed by atoms with Gasteiger partial charge >= 0.3 is 0 Å². The summed E-state index contributed by atoms with van der Waals surface area (Å²) >= 11 is 0. The molecule has 1 amide bonds. The summed E-state index contributed by atoms with van der Waals surface area (Å²) in [5, 5.41) is 0. The van der Waals surface area contributed by atoms with Gasteiger partial charge in [0.05, 0.1) is 27.2 Å². The molecule has 0 saturated heterocycles. The van der Waals surface area contributed by atoms with E-state index < -0.39 is 48.8 Å². The molecule has 7 nitrogen and oxygen atoms in total. The van der Waals surface area contributed by atoms with Crippen molar-refractivity contribution in [1.82, 2.24) is 0 Å². The average Bonchev–Trinajstić information content (AvgIpc) is 2.78. The Bertz CT molecular complexity index is 1330. The molecule has 0 atom stereocenters. The molecule has 2 N–H and O–H groups in total. The first-order chi connectivity index (χ1) is 15.9. The van der Waals surface area contributed by atoms with Crippen LogP contribution in [0.25, 0.3) is 0 Å². The molecule has 0 heterocycles. The minimum Gasteiger partial charge on any atom is -0.366 e. The van der Waals surface area contributed by atoms with Gasteiger partial charge in [0.1, 0.15) is 0 Å². The fraction of sp³-hybridized carbons (Fsp3) is 0.200. The van der Waals surface area contributed by atoms with Crippen molar-refractivity contribution in [3.63, 3.8) is 0 Å². The number of primary amides is 1. The molecule has 0 radical (unpaired) electrons. The Balaban J connectivity index is 1.99. The predicted molar refractivity (Wildman–Crippen MR) is 129 cm³/mol. The van der Waals surface area contributed by atoms with Gasteiger partial charge in [-0.2, -0.15) is 0 Å². The van der Waals surface area contributed by atoms with Gasteiger partial charge in [0.2, 0.25) is 5.91 Å². The van der Waals surface area contributed by atoms with E-state index in [1.165, 1.54) is 48.5 Å². The topological polar surface area (TPSA) is 128 Å². The number of aryl methyl sites for hydroxylation is 2. The quantitative estimate of drug-likeness (QED) is 0.451. The lowest BCUT2D eigenvalue weighted by Gasteiger charge is -2.17. The van der Waals surface area contributed by atoms with Gasteiger partial charge in [-0.25, -0.2) is 16.8 Å². The summed E-state index contributed by atoms with van der Waals surface area (Å²) in [7, 11) is -7.94. The Morgan fingerprint density at radius 2 is 1.00 bits per heavy atom. The van der Waals surface area contributed by atoms with Crippen molar-refractivity contribution >= 4 is 31.4 Å². The van der Waals surface area contributed by atoms with Gasteiger partial charge in [-0.15, -0.1) is 0 Å². The van der Waals surface area contributed by atoms with Crippen molar-refractivity contribution in [1.29, 1.82) is 0 Å². The minimum absolute atomic E-state index is 0.00714. The molecule has 3 aromatic rings. The number of amides is 1. The van der Waals surface area contributed by atoms with Gasteiger partial charge in [0.25, 0.3) is 0 Å². The number of carbonyl (C=O) groups excluding carboxylic acids is 2. The van der Waals surface area contributed by atoms with E-state index in [1.54, 1.807) is 24.3 Å². The van der Waals surface area contributed by atoms with Gasteiger partial charge < -0.3 is 5.73 Å². The van der Waals surface area contributed by atoms with Gasteiger partial charge in [-0.05, 0) is 50.2 Å². The minimum atomic E-state index is -3.97. The number of benzene rings is 3. The van der Waals surface area contributed by atoms with E-state index in [4.69, 9.17) is 5.73 Å². The van der Waals surface area contributed by atoms with Crippen LogP contribution in [0, 0.1) is 19.8 Å². The van der Waals surface area contributed by atoms with Crippen molar-refractivity contribution in [2.45, 2.75) is 23.6 Å². The number of sulfone groups is 2. The van der Waals surface area contributed by atoms with Crippen LogP contribution in [0.3, 0.4) is 0 Å². The number of hydrogen-bond donors (Lipinski definition) is 1. The molecule has 0 aliphatic heterocycles. The van der Waals surface area contributed by atoms with Crippen molar-refractivity contribution in [3.05, 3.63) is 95.1 Å². The van der Waals surface area contributed by atoms with Crippen molar-refractivity contribution in [2.75, 3.05) is 11.5 Å². The van der Waals surface area contributed by atoms with Crippen LogP contribution < -0.4 is 5.73 Å². The van der Waals surface area contributed by atoms with E-state index in [2.05, 4.69) is 0 Å². The summed E-state index contributed by atoms with van der Waals surface area (Å²) < 4.78 is 52.4. The Hall–Kier alpha value is -3.30. The van der Waals surface area contributed by atoms with E-state index in [0.29, 0.717) is 0 Å². The molecule has 3 rings (SSSR count). The largest absolute Gasteiger partial charge is 0.366 e. The lowest BCUT2D eigenvalue weighted by molar-refractivity contribution is 0.0939. The van der Waals surface area contributed by atoms with Crippen LogP contribution in [-0.2, 0) is 19.7 Å². The number of hydrogen-bond acceptors (Lipinski definition) is 6. The lowest BCUT2D eigenvalue weighted by Crippen LogP contribution is -2.31. The average molecular weight is 500 g/mol. The normalized spacial score (nSPS) is 12.0. The Morgan fingerprint density at radius 3 is 1.35 bits per heavy atom. The molecule has 0 unspecified atom stereocenters. The predicted octanol–water partition coefficient (Wildman–Crippen LogP) is 3.15. The zero-order valence-electron chi connectivity index (χ0n) is 18.8. The maximum atomic E-state index is 13.3. The highest BCUT2D eigenvalue weighted by atomic mass is 32.2. The molecule has 3 aromatic carbocycles. The second-order valence-corrected chi connectivity index (χ2v) is 12.3. The highest BCUT2D eigenvalue weighted by Gasteiger charge is 2.32. The molecule has 9 heteroatoms. The molecule has 0 aromatic heterocycles. The van der Waals surface area contributed by atoms with Gasteiger partial charge in [0.15, 0.2) is 25.5 Å². The molecule has 0 spiro atoms. The van der Waals surface area contributed by atoms with E-state index in [9.17, 15) is 26.4 Å². The molecule has 0 aliphatic carbocycles. The molecule has 178 valence electrons. The fourth-order valence-electron chi connectivity index (χ4n) is 3.45. The number of rotatable bonds is 9. The number of carbonyl (C=O) groups is 2. The summed E-state index contributed by atoms with van der Waals surface area (Å²) in [6.07, 6.45) is 0. The maximum absolute atomic E-state index is 13.3. The second kappa shape index (κ2) is 9.90. The summed E-state index contributed by atoms with van der Waals surface area (Å²) in [5.74, 6) is -4.06. The van der Waals surface area contributed by atoms with Crippen molar-refractivity contribution < 1.29 is 26.4 Å². The SMILES string of the molecule is Cc1ccc(S(=O)(=O)CC(CS(=O)(=O)c2ccc(C)cc2)C(=O)c2ccc(C(N)=O)cc2)cc1. The summed E-state index contributed by atoms with van der Waals surface area (Å²) in [6.45, 7) is 3.62.